The van der Waals surface area contributed by atoms with E-state index in [2.05, 4.69) is 28.1 Å². The third-order valence-electron chi connectivity index (χ3n) is 2.57. The van der Waals surface area contributed by atoms with Crippen LogP contribution < -0.4 is 4.90 Å². The zero-order valence-corrected chi connectivity index (χ0v) is 9.67. The van der Waals surface area contributed by atoms with Crippen LogP contribution in [0.5, 0.6) is 0 Å². The van der Waals surface area contributed by atoms with Crippen LogP contribution in [-0.4, -0.2) is 12.5 Å². The van der Waals surface area contributed by atoms with Gasteiger partial charge in [-0.05, 0) is 23.6 Å². The summed E-state index contributed by atoms with van der Waals surface area (Å²) in [5, 5.41) is 0.875. The number of amides is 1. The molecule has 2 nitrogen and oxygen atoms in total. The molecule has 0 aromatic heterocycles. The summed E-state index contributed by atoms with van der Waals surface area (Å²) < 4.78 is 0. The predicted octanol–water partition coefficient (Wildman–Crippen LogP) is 2.49. The highest BCUT2D eigenvalue weighted by molar-refractivity contribution is 9.08. The second kappa shape index (κ2) is 3.73. The lowest BCUT2D eigenvalue weighted by atomic mass is 10.1. The highest BCUT2D eigenvalue weighted by atomic mass is 79.9. The van der Waals surface area contributed by atoms with Gasteiger partial charge in [-0.3, -0.25) is 4.79 Å². The molecular weight excluding hydrogens is 242 g/mol. The van der Waals surface area contributed by atoms with E-state index in [1.54, 1.807) is 6.92 Å². The monoisotopic (exact) mass is 253 g/mol. The molecule has 0 bridgehead atoms. The van der Waals surface area contributed by atoms with Gasteiger partial charge >= 0.3 is 0 Å². The van der Waals surface area contributed by atoms with Gasteiger partial charge in [0.1, 0.15) is 0 Å². The lowest BCUT2D eigenvalue weighted by Crippen LogP contribution is -2.25. The fourth-order valence-corrected chi connectivity index (χ4v) is 2.21. The highest BCUT2D eigenvalue weighted by Gasteiger charge is 2.21. The Labute approximate surface area is 92.0 Å². The predicted molar refractivity (Wildman–Crippen MR) is 60.8 cm³/mol. The lowest BCUT2D eigenvalue weighted by molar-refractivity contribution is -0.116. The van der Waals surface area contributed by atoms with E-state index in [0.29, 0.717) is 0 Å². The van der Waals surface area contributed by atoms with Gasteiger partial charge in [0.25, 0.3) is 0 Å². The molecule has 14 heavy (non-hydrogen) atoms. The number of benzene rings is 1. The molecule has 2 rings (SSSR count). The summed E-state index contributed by atoms with van der Waals surface area (Å²) in [7, 11) is 0. The molecule has 1 aliphatic rings. The zero-order chi connectivity index (χ0) is 10.1. The molecule has 0 unspecified atom stereocenters. The second-order valence-corrected chi connectivity index (χ2v) is 4.08. The Kier molecular flexibility index (Phi) is 2.59. The van der Waals surface area contributed by atoms with E-state index in [0.717, 1.165) is 24.0 Å². The third-order valence-corrected chi connectivity index (χ3v) is 3.22. The van der Waals surface area contributed by atoms with Crippen molar-refractivity contribution < 1.29 is 4.79 Å². The van der Waals surface area contributed by atoms with E-state index in [1.807, 2.05) is 11.0 Å². The first-order chi connectivity index (χ1) is 6.72. The van der Waals surface area contributed by atoms with Crippen molar-refractivity contribution in [3.05, 3.63) is 29.3 Å². The van der Waals surface area contributed by atoms with Crippen LogP contribution >= 0.6 is 15.9 Å². The summed E-state index contributed by atoms with van der Waals surface area (Å²) in [6.45, 7) is 2.45. The van der Waals surface area contributed by atoms with Crippen molar-refractivity contribution in [2.75, 3.05) is 11.4 Å². The third kappa shape index (κ3) is 1.57. The molecule has 1 amide bonds. The van der Waals surface area contributed by atoms with Crippen LogP contribution in [0.25, 0.3) is 0 Å². The van der Waals surface area contributed by atoms with Crippen molar-refractivity contribution in [2.24, 2.45) is 0 Å². The molecule has 0 atom stereocenters. The molecule has 1 aliphatic heterocycles. The first-order valence-corrected chi connectivity index (χ1v) is 5.80. The largest absolute Gasteiger partial charge is 0.312 e. The van der Waals surface area contributed by atoms with Gasteiger partial charge < -0.3 is 4.90 Å². The molecule has 0 saturated carbocycles. The van der Waals surface area contributed by atoms with Crippen LogP contribution in [0.15, 0.2) is 18.2 Å². The summed E-state index contributed by atoms with van der Waals surface area (Å²) in [5.74, 6) is 0.135. The van der Waals surface area contributed by atoms with E-state index in [-0.39, 0.29) is 5.91 Å². The van der Waals surface area contributed by atoms with E-state index in [1.165, 1.54) is 11.1 Å². The average Bonchev–Trinajstić information content (AvgIpc) is 2.59. The molecule has 74 valence electrons. The minimum absolute atomic E-state index is 0.135. The molecule has 0 radical (unpaired) electrons. The average molecular weight is 254 g/mol. The van der Waals surface area contributed by atoms with Crippen LogP contribution in [0.3, 0.4) is 0 Å². The SMILES string of the molecule is CC(=O)N1CCc2cc(CBr)ccc21. The van der Waals surface area contributed by atoms with Gasteiger partial charge in [0.15, 0.2) is 0 Å². The quantitative estimate of drug-likeness (QED) is 0.705. The maximum absolute atomic E-state index is 11.3. The molecule has 1 aromatic rings. The van der Waals surface area contributed by atoms with Crippen molar-refractivity contribution in [3.8, 4) is 0 Å². The maximum atomic E-state index is 11.3. The Hall–Kier alpha value is -0.830. The van der Waals surface area contributed by atoms with Gasteiger partial charge in [0.2, 0.25) is 5.91 Å². The minimum Gasteiger partial charge on any atom is -0.312 e. The number of carbonyl (C=O) groups is 1. The molecule has 0 N–H and O–H groups in total. The van der Waals surface area contributed by atoms with Gasteiger partial charge in [-0.2, -0.15) is 0 Å². The van der Waals surface area contributed by atoms with Crippen LogP contribution in [0.1, 0.15) is 18.1 Å². The smallest absolute Gasteiger partial charge is 0.223 e. The number of nitrogens with zero attached hydrogens (tertiary/aromatic N) is 1. The Morgan fingerprint density at radius 3 is 3.00 bits per heavy atom. The van der Waals surface area contributed by atoms with Crippen molar-refractivity contribution >= 4 is 27.5 Å². The summed E-state index contributed by atoms with van der Waals surface area (Å²) in [6, 6.07) is 6.28. The lowest BCUT2D eigenvalue weighted by Gasteiger charge is -2.14. The summed E-state index contributed by atoms with van der Waals surface area (Å²) in [4.78, 5) is 13.1. The summed E-state index contributed by atoms with van der Waals surface area (Å²) in [5.41, 5.74) is 3.65. The van der Waals surface area contributed by atoms with E-state index in [4.69, 9.17) is 0 Å². The molecule has 1 aromatic carbocycles. The molecule has 0 aliphatic carbocycles. The van der Waals surface area contributed by atoms with Crippen molar-refractivity contribution in [1.82, 2.24) is 0 Å². The normalized spacial score (nSPS) is 14.3. The van der Waals surface area contributed by atoms with Crippen LogP contribution in [0, 0.1) is 0 Å². The van der Waals surface area contributed by atoms with Crippen molar-refractivity contribution in [2.45, 2.75) is 18.7 Å². The first kappa shape index (κ1) is 9.71. The van der Waals surface area contributed by atoms with Gasteiger partial charge in [0.05, 0.1) is 0 Å². The standard InChI is InChI=1S/C11H12BrNO/c1-8(14)13-5-4-10-6-9(7-12)2-3-11(10)13/h2-3,6H,4-5,7H2,1H3. The molecule has 0 saturated heterocycles. The Morgan fingerprint density at radius 2 is 2.36 bits per heavy atom. The molecule has 0 fully saturated rings. The number of rotatable bonds is 1. The Bertz CT molecular complexity index is 376. The van der Waals surface area contributed by atoms with Crippen LogP contribution in [0.2, 0.25) is 0 Å². The minimum atomic E-state index is 0.135. The number of anilines is 1. The number of halogens is 1. The van der Waals surface area contributed by atoms with Gasteiger partial charge in [-0.1, -0.05) is 28.1 Å². The number of carbonyl (C=O) groups excluding carboxylic acids is 1. The van der Waals surface area contributed by atoms with Crippen molar-refractivity contribution in [3.63, 3.8) is 0 Å². The number of hydrogen-bond donors (Lipinski definition) is 0. The molecule has 3 heteroatoms. The van der Waals surface area contributed by atoms with E-state index in [9.17, 15) is 4.79 Å². The summed E-state index contributed by atoms with van der Waals surface area (Å²) >= 11 is 3.43. The number of fused-ring (bicyclic) bond motifs is 1. The van der Waals surface area contributed by atoms with Gasteiger partial charge in [-0.25, -0.2) is 0 Å². The Morgan fingerprint density at radius 1 is 1.57 bits per heavy atom. The molecule has 0 spiro atoms. The van der Waals surface area contributed by atoms with Crippen molar-refractivity contribution in [1.29, 1.82) is 0 Å². The highest BCUT2D eigenvalue weighted by Crippen LogP contribution is 2.29. The number of hydrogen-bond acceptors (Lipinski definition) is 1. The van der Waals surface area contributed by atoms with Gasteiger partial charge in [-0.15, -0.1) is 0 Å². The summed E-state index contributed by atoms with van der Waals surface area (Å²) in [6.07, 6.45) is 0.982. The first-order valence-electron chi connectivity index (χ1n) is 4.68. The number of alkyl halides is 1. The molecule has 1 heterocycles. The second-order valence-electron chi connectivity index (χ2n) is 3.52. The van der Waals surface area contributed by atoms with Crippen LogP contribution in [-0.2, 0) is 16.5 Å². The fourth-order valence-electron chi connectivity index (χ4n) is 1.87. The maximum Gasteiger partial charge on any atom is 0.223 e. The van der Waals surface area contributed by atoms with Gasteiger partial charge in [0, 0.05) is 24.5 Å². The van der Waals surface area contributed by atoms with E-state index < -0.39 is 0 Å². The molecular formula is C11H12BrNO. The van der Waals surface area contributed by atoms with E-state index >= 15 is 0 Å². The topological polar surface area (TPSA) is 20.3 Å². The van der Waals surface area contributed by atoms with Crippen LogP contribution in [0.4, 0.5) is 5.69 Å². The fraction of sp³-hybridized carbons (Fsp3) is 0.364. The zero-order valence-electron chi connectivity index (χ0n) is 8.09. The Balaban J connectivity index is 2.38.